The van der Waals surface area contributed by atoms with Gasteiger partial charge >= 0.3 is 5.97 Å². The molecule has 7 aliphatic rings. The number of rotatable bonds is 9. The molecule has 2 heterocycles. The van der Waals surface area contributed by atoms with Gasteiger partial charge in [-0.2, -0.15) is 0 Å². The molecule has 0 aromatic carbocycles. The van der Waals surface area contributed by atoms with Gasteiger partial charge in [-0.25, -0.2) is 0 Å². The van der Waals surface area contributed by atoms with E-state index in [9.17, 15) is 15.0 Å². The highest BCUT2D eigenvalue weighted by molar-refractivity contribution is 5.74. The van der Waals surface area contributed by atoms with Crippen molar-refractivity contribution in [3.63, 3.8) is 0 Å². The fraction of sp³-hybridized carbons (Fsp3) is 0.974. The number of hydrogen-bond acceptors (Lipinski definition) is 8. The summed E-state index contributed by atoms with van der Waals surface area (Å²) in [5.41, 5.74) is -0.801. The Kier molecular flexibility index (Phi) is 8.38. The van der Waals surface area contributed by atoms with Gasteiger partial charge in [-0.05, 0) is 112 Å². The number of esters is 1. The molecule has 5 saturated carbocycles. The number of carbonyl (C=O) groups excluding carboxylic acids is 1. The summed E-state index contributed by atoms with van der Waals surface area (Å²) in [5.74, 6) is 1.63. The van der Waals surface area contributed by atoms with Crippen molar-refractivity contribution >= 4 is 5.97 Å². The summed E-state index contributed by atoms with van der Waals surface area (Å²) >= 11 is 0. The Labute approximate surface area is 284 Å². The molecule has 7 rings (SSSR count). The minimum absolute atomic E-state index is 0.00639. The average Bonchev–Trinajstić information content (AvgIpc) is 3.60. The van der Waals surface area contributed by atoms with E-state index in [4.69, 9.17) is 18.9 Å². The molecule has 13 atom stereocenters. The molecule has 8 heteroatoms. The topological polar surface area (TPSA) is 97.7 Å². The Morgan fingerprint density at radius 1 is 1.04 bits per heavy atom. The van der Waals surface area contributed by atoms with Crippen molar-refractivity contribution in [3.8, 4) is 0 Å². The van der Waals surface area contributed by atoms with Gasteiger partial charge in [-0.3, -0.25) is 9.69 Å². The van der Waals surface area contributed by atoms with Crippen LogP contribution in [0.2, 0.25) is 0 Å². The molecule has 2 saturated heterocycles. The van der Waals surface area contributed by atoms with Gasteiger partial charge in [0.25, 0.3) is 0 Å². The first-order valence-electron chi connectivity index (χ1n) is 19.1. The number of ether oxygens (including phenoxy) is 4. The minimum Gasteiger partial charge on any atom is -0.462 e. The van der Waals surface area contributed by atoms with E-state index in [-0.39, 0.29) is 63.2 Å². The number of methoxy groups -OCH3 is 1. The van der Waals surface area contributed by atoms with Crippen molar-refractivity contribution in [2.24, 2.45) is 56.7 Å². The van der Waals surface area contributed by atoms with E-state index in [0.29, 0.717) is 31.0 Å². The second-order valence-corrected chi connectivity index (χ2v) is 19.0. The molecule has 0 bridgehead atoms. The van der Waals surface area contributed by atoms with Gasteiger partial charge in [0.05, 0.1) is 36.4 Å². The van der Waals surface area contributed by atoms with Crippen molar-refractivity contribution in [1.29, 1.82) is 0 Å². The van der Waals surface area contributed by atoms with Gasteiger partial charge in [-0.1, -0.05) is 34.6 Å². The Bertz CT molecular complexity index is 1210. The quantitative estimate of drug-likeness (QED) is 0.315. The van der Waals surface area contributed by atoms with Crippen molar-refractivity contribution in [2.75, 3.05) is 40.0 Å². The zero-order valence-electron chi connectivity index (χ0n) is 30.8. The van der Waals surface area contributed by atoms with Crippen LogP contribution in [-0.4, -0.2) is 97.2 Å². The predicted molar refractivity (Wildman–Crippen MR) is 179 cm³/mol. The highest BCUT2D eigenvalue weighted by atomic mass is 16.6. The third-order valence-corrected chi connectivity index (χ3v) is 16.3. The van der Waals surface area contributed by atoms with Crippen LogP contribution >= 0.6 is 0 Å². The minimum atomic E-state index is -1.03. The molecule has 1 unspecified atom stereocenters. The number of fused-ring (bicyclic) bond motifs is 4. The largest absolute Gasteiger partial charge is 0.462 e. The zero-order chi connectivity index (χ0) is 33.9. The van der Waals surface area contributed by atoms with Crippen molar-refractivity contribution in [1.82, 2.24) is 4.90 Å². The van der Waals surface area contributed by atoms with Gasteiger partial charge in [0.1, 0.15) is 12.2 Å². The van der Waals surface area contributed by atoms with Gasteiger partial charge in [0.2, 0.25) is 0 Å². The SMILES string of the molecule is CCO[C@@H]([C@H]1C[C@@H](C)[C@H]2[C@H](O1)[C@H](O)[C@@]1(C)[C@@H]3CC[C@H]4C(C)(C)[C@@H](OC(=O)C5CN(CCOC)C5)CCC45C[C@@]35CC[C@]21C)C(C)(C)O. The molecular weight excluding hydrogens is 594 g/mol. The van der Waals surface area contributed by atoms with Crippen molar-refractivity contribution < 1.29 is 34.0 Å². The Morgan fingerprint density at radius 3 is 2.38 bits per heavy atom. The summed E-state index contributed by atoms with van der Waals surface area (Å²) in [7, 11) is 1.72. The highest BCUT2D eigenvalue weighted by Gasteiger charge is 2.84. The molecule has 47 heavy (non-hydrogen) atoms. The van der Waals surface area contributed by atoms with Crippen LogP contribution in [0.3, 0.4) is 0 Å². The van der Waals surface area contributed by atoms with Crippen LogP contribution in [-0.2, 0) is 23.7 Å². The summed E-state index contributed by atoms with van der Waals surface area (Å²) in [6.45, 7) is 21.3. The van der Waals surface area contributed by atoms with E-state index in [1.54, 1.807) is 7.11 Å². The van der Waals surface area contributed by atoms with Crippen LogP contribution in [0.15, 0.2) is 0 Å². The summed E-state index contributed by atoms with van der Waals surface area (Å²) in [5, 5.41) is 23.6. The molecule has 8 nitrogen and oxygen atoms in total. The smallest absolute Gasteiger partial charge is 0.311 e. The molecule has 2 spiro atoms. The van der Waals surface area contributed by atoms with Gasteiger partial charge in [0, 0.05) is 44.2 Å². The number of carbonyl (C=O) groups is 1. The second kappa shape index (κ2) is 11.4. The number of nitrogens with zero attached hydrogens (tertiary/aromatic N) is 1. The van der Waals surface area contributed by atoms with E-state index in [1.807, 2.05) is 20.8 Å². The highest BCUT2D eigenvalue weighted by Crippen LogP contribution is 2.89. The first-order chi connectivity index (χ1) is 22.0. The third-order valence-electron chi connectivity index (χ3n) is 16.3. The number of hydrogen-bond donors (Lipinski definition) is 2. The lowest BCUT2D eigenvalue weighted by molar-refractivity contribution is -0.215. The summed E-state index contributed by atoms with van der Waals surface area (Å²) in [4.78, 5) is 15.6. The molecule has 0 aromatic rings. The van der Waals surface area contributed by atoms with Crippen LogP contribution in [0.25, 0.3) is 0 Å². The molecule has 5 aliphatic carbocycles. The van der Waals surface area contributed by atoms with Crippen molar-refractivity contribution in [3.05, 3.63) is 0 Å². The second-order valence-electron chi connectivity index (χ2n) is 19.0. The number of likely N-dealkylation sites (tertiary alicyclic amines) is 1. The van der Waals surface area contributed by atoms with Crippen molar-refractivity contribution in [2.45, 2.75) is 143 Å². The summed E-state index contributed by atoms with van der Waals surface area (Å²) in [6, 6.07) is 0. The maximum atomic E-state index is 13.3. The average molecular weight is 660 g/mol. The lowest BCUT2D eigenvalue weighted by Crippen LogP contribution is -2.60. The predicted octanol–water partition coefficient (Wildman–Crippen LogP) is 5.47. The number of aliphatic hydroxyl groups excluding tert-OH is 1. The van der Waals surface area contributed by atoms with Crippen LogP contribution in [0.4, 0.5) is 0 Å². The van der Waals surface area contributed by atoms with E-state index in [2.05, 4.69) is 39.5 Å². The Hall–Kier alpha value is -0.770. The standard InChI is InChI=1S/C39H65NO7/c1-10-45-32(35(5,6)43)25-19-23(2)29-30(46-25)31(41)37(8)27-12-11-26-34(3,4)28(47-33(42)24-20-40(21-24)17-18-44-9)13-14-38(26)22-39(27,38)16-15-36(29,37)7/h23-32,41,43H,10-22H2,1-9H3/t23-,25-,26+,27+,28+,29+,30+,31+,32+,36-,37-,38?,39+/m1/s1. The van der Waals surface area contributed by atoms with E-state index in [1.165, 1.54) is 12.8 Å². The lowest BCUT2D eigenvalue weighted by atomic mass is 9.41. The van der Waals surface area contributed by atoms with E-state index < -0.39 is 17.8 Å². The third kappa shape index (κ3) is 4.69. The molecule has 268 valence electrons. The summed E-state index contributed by atoms with van der Waals surface area (Å²) in [6.07, 6.45) is 7.33. The molecule has 0 aromatic heterocycles. The van der Waals surface area contributed by atoms with Crippen LogP contribution in [0.1, 0.15) is 107 Å². The molecule has 7 fully saturated rings. The maximum absolute atomic E-state index is 13.3. The molecule has 0 amide bonds. The fourth-order valence-electron chi connectivity index (χ4n) is 14.0. The fourth-order valence-corrected chi connectivity index (χ4v) is 14.0. The van der Waals surface area contributed by atoms with Crippen LogP contribution in [0.5, 0.6) is 0 Å². The normalized spacial score (nSPS) is 49.4. The monoisotopic (exact) mass is 659 g/mol. The van der Waals surface area contributed by atoms with E-state index in [0.717, 1.165) is 58.2 Å². The van der Waals surface area contributed by atoms with Gasteiger partial charge in [-0.15, -0.1) is 0 Å². The summed E-state index contributed by atoms with van der Waals surface area (Å²) < 4.78 is 24.7. The van der Waals surface area contributed by atoms with Gasteiger partial charge < -0.3 is 29.2 Å². The van der Waals surface area contributed by atoms with Gasteiger partial charge in [0.15, 0.2) is 0 Å². The molecule has 2 N–H and O–H groups in total. The molecular formula is C39H65NO7. The van der Waals surface area contributed by atoms with Crippen LogP contribution < -0.4 is 0 Å². The first-order valence-corrected chi connectivity index (χ1v) is 19.1. The lowest BCUT2D eigenvalue weighted by Gasteiger charge is -2.63. The zero-order valence-corrected chi connectivity index (χ0v) is 30.8. The maximum Gasteiger partial charge on any atom is 0.311 e. The molecule has 0 radical (unpaired) electrons. The van der Waals surface area contributed by atoms with E-state index >= 15 is 0 Å². The van der Waals surface area contributed by atoms with Crippen LogP contribution in [0, 0.1) is 56.7 Å². The first kappa shape index (κ1) is 34.7. The molecule has 2 aliphatic heterocycles. The number of aliphatic hydroxyl groups is 2. The Morgan fingerprint density at radius 2 is 1.72 bits per heavy atom. The Balaban J connectivity index is 1.10.